The van der Waals surface area contributed by atoms with Crippen LogP contribution in [0.3, 0.4) is 0 Å². The molecule has 2 aromatic rings. The van der Waals surface area contributed by atoms with Crippen LogP contribution in [0.25, 0.3) is 0 Å². The van der Waals surface area contributed by atoms with E-state index in [-0.39, 0.29) is 11.7 Å². The zero-order valence-electron chi connectivity index (χ0n) is 16.2. The molecule has 10 heteroatoms. The molecule has 1 heterocycles. The quantitative estimate of drug-likeness (QED) is 0.538. The summed E-state index contributed by atoms with van der Waals surface area (Å²) in [6.07, 6.45) is 0. The molecule has 9 nitrogen and oxygen atoms in total. The highest BCUT2D eigenvalue weighted by atomic mass is 32.2. The first-order chi connectivity index (χ1) is 13.7. The Morgan fingerprint density at radius 2 is 1.79 bits per heavy atom. The van der Waals surface area contributed by atoms with E-state index in [2.05, 4.69) is 4.72 Å². The Morgan fingerprint density at radius 1 is 1.10 bits per heavy atom. The van der Waals surface area contributed by atoms with Crippen LogP contribution in [0.2, 0.25) is 0 Å². The summed E-state index contributed by atoms with van der Waals surface area (Å²) in [5.74, 6) is 1.19. The number of nitro groups is 1. The smallest absolute Gasteiger partial charge is 0.293 e. The summed E-state index contributed by atoms with van der Waals surface area (Å²) in [6, 6.07) is 8.20. The highest BCUT2D eigenvalue weighted by Crippen LogP contribution is 2.36. The van der Waals surface area contributed by atoms with E-state index >= 15 is 0 Å². The van der Waals surface area contributed by atoms with Crippen molar-refractivity contribution < 1.29 is 27.6 Å². The molecule has 2 aromatic carbocycles. The molecule has 1 N–H and O–H groups in total. The van der Waals surface area contributed by atoms with Crippen LogP contribution >= 0.6 is 0 Å². The largest absolute Gasteiger partial charge is 0.497 e. The van der Waals surface area contributed by atoms with Crippen LogP contribution in [0.5, 0.6) is 17.2 Å². The summed E-state index contributed by atoms with van der Waals surface area (Å²) < 4.78 is 44.7. The van der Waals surface area contributed by atoms with E-state index in [1.807, 2.05) is 13.8 Å². The van der Waals surface area contributed by atoms with E-state index in [4.69, 9.17) is 14.2 Å². The van der Waals surface area contributed by atoms with E-state index in [0.29, 0.717) is 30.3 Å². The second-order valence-corrected chi connectivity index (χ2v) is 8.52. The van der Waals surface area contributed by atoms with Gasteiger partial charge >= 0.3 is 0 Å². The zero-order chi connectivity index (χ0) is 21.2. The van der Waals surface area contributed by atoms with Crippen molar-refractivity contribution >= 4 is 15.7 Å². The maximum absolute atomic E-state index is 13.0. The third-order valence-corrected chi connectivity index (χ3v) is 6.01. The van der Waals surface area contributed by atoms with Crippen LogP contribution < -0.4 is 18.9 Å². The molecule has 3 rings (SSSR count). The molecule has 29 heavy (non-hydrogen) atoms. The molecular weight excluding hydrogens is 400 g/mol. The maximum Gasteiger partial charge on any atom is 0.293 e. The third-order valence-electron chi connectivity index (χ3n) is 4.53. The van der Waals surface area contributed by atoms with Crippen LogP contribution in [-0.2, 0) is 10.0 Å². The fraction of sp³-hybridized carbons (Fsp3) is 0.368. The fourth-order valence-electron chi connectivity index (χ4n) is 3.07. The number of nitrogens with zero attached hydrogens (tertiary/aromatic N) is 1. The Labute approximate surface area is 168 Å². The summed E-state index contributed by atoms with van der Waals surface area (Å²) in [5.41, 5.74) is 0.116. The summed E-state index contributed by atoms with van der Waals surface area (Å²) >= 11 is 0. The van der Waals surface area contributed by atoms with Gasteiger partial charge in [-0.05, 0) is 35.7 Å². The lowest BCUT2D eigenvalue weighted by Crippen LogP contribution is -2.32. The van der Waals surface area contributed by atoms with Gasteiger partial charge in [0, 0.05) is 6.04 Å². The van der Waals surface area contributed by atoms with Gasteiger partial charge in [-0.2, -0.15) is 0 Å². The molecule has 0 amide bonds. The molecule has 0 aromatic heterocycles. The molecule has 1 aliphatic heterocycles. The lowest BCUT2D eigenvalue weighted by Gasteiger charge is -2.25. The lowest BCUT2D eigenvalue weighted by molar-refractivity contribution is -0.387. The zero-order valence-corrected chi connectivity index (χ0v) is 17.1. The Morgan fingerprint density at radius 3 is 2.41 bits per heavy atom. The first-order valence-corrected chi connectivity index (χ1v) is 10.5. The predicted octanol–water partition coefficient (Wildman–Crippen LogP) is 3.05. The van der Waals surface area contributed by atoms with Crippen molar-refractivity contribution in [3.8, 4) is 17.2 Å². The monoisotopic (exact) mass is 422 g/mol. The Bertz CT molecular complexity index is 1020. The molecule has 0 bridgehead atoms. The average Bonchev–Trinajstić information content (AvgIpc) is 2.71. The van der Waals surface area contributed by atoms with Crippen molar-refractivity contribution in [1.82, 2.24) is 4.72 Å². The Kier molecular flexibility index (Phi) is 5.94. The SMILES string of the molecule is COc1ccc(S(=O)(=O)N[C@H](c2ccc3c(c2)OCCO3)C(C)C)c([N+](=O)[O-])c1. The van der Waals surface area contributed by atoms with E-state index < -0.39 is 31.6 Å². The molecular formula is C19H22N2O7S. The number of fused-ring (bicyclic) bond motifs is 1. The molecule has 0 unspecified atom stereocenters. The van der Waals surface area contributed by atoms with Gasteiger partial charge in [-0.3, -0.25) is 10.1 Å². The van der Waals surface area contributed by atoms with E-state index in [1.165, 1.54) is 19.2 Å². The molecule has 156 valence electrons. The van der Waals surface area contributed by atoms with Crippen LogP contribution in [0.4, 0.5) is 5.69 Å². The first-order valence-electron chi connectivity index (χ1n) is 8.97. The molecule has 0 fully saturated rings. The van der Waals surface area contributed by atoms with Crippen LogP contribution in [-0.4, -0.2) is 33.7 Å². The molecule has 0 radical (unpaired) electrons. The number of hydrogen-bond acceptors (Lipinski definition) is 7. The number of methoxy groups -OCH3 is 1. The summed E-state index contributed by atoms with van der Waals surface area (Å²) in [7, 11) is -2.84. The van der Waals surface area contributed by atoms with Crippen molar-refractivity contribution in [1.29, 1.82) is 0 Å². The van der Waals surface area contributed by atoms with Gasteiger partial charge < -0.3 is 14.2 Å². The molecule has 0 saturated heterocycles. The fourth-order valence-corrected chi connectivity index (χ4v) is 4.59. The van der Waals surface area contributed by atoms with Crippen LogP contribution in [0, 0.1) is 16.0 Å². The Hall–Kier alpha value is -2.85. The number of hydrogen-bond donors (Lipinski definition) is 1. The van der Waals surface area contributed by atoms with Crippen molar-refractivity contribution in [2.75, 3.05) is 20.3 Å². The highest BCUT2D eigenvalue weighted by molar-refractivity contribution is 7.89. The minimum absolute atomic E-state index is 0.135. The number of nitrogens with one attached hydrogen (secondary N) is 1. The van der Waals surface area contributed by atoms with Gasteiger partial charge in [-0.25, -0.2) is 13.1 Å². The van der Waals surface area contributed by atoms with Gasteiger partial charge in [0.25, 0.3) is 5.69 Å². The predicted molar refractivity (Wildman–Crippen MR) is 105 cm³/mol. The van der Waals surface area contributed by atoms with Crippen molar-refractivity contribution in [2.45, 2.75) is 24.8 Å². The molecule has 0 spiro atoms. The van der Waals surface area contributed by atoms with Gasteiger partial charge in [-0.1, -0.05) is 19.9 Å². The van der Waals surface area contributed by atoms with Crippen molar-refractivity contribution in [2.24, 2.45) is 5.92 Å². The normalized spacial score (nSPS) is 14.5. The van der Waals surface area contributed by atoms with E-state index in [0.717, 1.165) is 6.07 Å². The molecule has 0 saturated carbocycles. The van der Waals surface area contributed by atoms with Crippen molar-refractivity contribution in [3.05, 3.63) is 52.1 Å². The second kappa shape index (κ2) is 8.26. The Balaban J connectivity index is 1.98. The van der Waals surface area contributed by atoms with E-state index in [9.17, 15) is 18.5 Å². The van der Waals surface area contributed by atoms with Gasteiger partial charge in [0.1, 0.15) is 19.0 Å². The van der Waals surface area contributed by atoms with Crippen LogP contribution in [0.15, 0.2) is 41.3 Å². The first kappa shape index (κ1) is 20.9. The second-order valence-electron chi connectivity index (χ2n) is 6.84. The summed E-state index contributed by atoms with van der Waals surface area (Å²) in [5, 5.41) is 11.4. The van der Waals surface area contributed by atoms with Crippen molar-refractivity contribution in [3.63, 3.8) is 0 Å². The van der Waals surface area contributed by atoms with Crippen LogP contribution in [0.1, 0.15) is 25.5 Å². The average molecular weight is 422 g/mol. The number of sulfonamides is 1. The third kappa shape index (κ3) is 4.43. The maximum atomic E-state index is 13.0. The van der Waals surface area contributed by atoms with Gasteiger partial charge in [0.15, 0.2) is 16.4 Å². The topological polar surface area (TPSA) is 117 Å². The number of benzene rings is 2. The summed E-state index contributed by atoms with van der Waals surface area (Å²) in [4.78, 5) is 10.2. The van der Waals surface area contributed by atoms with Gasteiger partial charge in [0.05, 0.1) is 18.1 Å². The van der Waals surface area contributed by atoms with Gasteiger partial charge in [-0.15, -0.1) is 0 Å². The number of rotatable bonds is 7. The van der Waals surface area contributed by atoms with E-state index in [1.54, 1.807) is 18.2 Å². The van der Waals surface area contributed by atoms with Gasteiger partial charge in [0.2, 0.25) is 10.0 Å². The highest BCUT2D eigenvalue weighted by Gasteiger charge is 2.31. The minimum atomic E-state index is -4.19. The molecule has 1 aliphatic rings. The molecule has 1 atom stereocenters. The minimum Gasteiger partial charge on any atom is -0.497 e. The number of nitro benzene ring substituents is 1. The number of ether oxygens (including phenoxy) is 3. The molecule has 0 aliphatic carbocycles. The summed E-state index contributed by atoms with van der Waals surface area (Å²) in [6.45, 7) is 4.57. The standard InChI is InChI=1S/C19H22N2O7S/c1-12(2)19(13-4-6-16-17(10-13)28-9-8-27-16)20-29(24,25)18-7-5-14(26-3)11-15(18)21(22)23/h4-7,10-12,19-20H,8-9H2,1-3H3/t19-/m0/s1. The lowest BCUT2D eigenvalue weighted by atomic mass is 9.97.